The first-order chi connectivity index (χ1) is 14.4. The molecule has 1 unspecified atom stereocenters. The van der Waals surface area contributed by atoms with Crippen LogP contribution in [0.4, 0.5) is 4.39 Å². The molecular weight excluding hydrogens is 403 g/mol. The van der Waals surface area contributed by atoms with Crippen molar-refractivity contribution in [3.05, 3.63) is 71.8 Å². The van der Waals surface area contributed by atoms with Crippen LogP contribution >= 0.6 is 11.8 Å². The van der Waals surface area contributed by atoms with Crippen molar-refractivity contribution in [2.24, 2.45) is 0 Å². The third-order valence-corrected chi connectivity index (χ3v) is 5.31. The van der Waals surface area contributed by atoms with E-state index >= 15 is 0 Å². The summed E-state index contributed by atoms with van der Waals surface area (Å²) in [4.78, 5) is 12.2. The van der Waals surface area contributed by atoms with Crippen LogP contribution in [0.5, 0.6) is 5.75 Å². The Hall–Kier alpha value is -2.87. The first-order valence-corrected chi connectivity index (χ1v) is 10.7. The third-order valence-electron chi connectivity index (χ3n) is 4.36. The van der Waals surface area contributed by atoms with Crippen molar-refractivity contribution >= 4 is 17.7 Å². The van der Waals surface area contributed by atoms with Gasteiger partial charge in [0.15, 0.2) is 17.1 Å². The van der Waals surface area contributed by atoms with Gasteiger partial charge in [-0.1, -0.05) is 42.1 Å². The van der Waals surface area contributed by atoms with E-state index in [1.165, 1.54) is 23.9 Å². The minimum absolute atomic E-state index is 0.0701. The van der Waals surface area contributed by atoms with Gasteiger partial charge in [0.25, 0.3) is 0 Å². The highest BCUT2D eigenvalue weighted by atomic mass is 32.2. The molecule has 0 aliphatic rings. The molecule has 158 valence electrons. The summed E-state index contributed by atoms with van der Waals surface area (Å²) >= 11 is 1.34. The van der Waals surface area contributed by atoms with Crippen molar-refractivity contribution in [1.29, 1.82) is 0 Å². The average Bonchev–Trinajstić information content (AvgIpc) is 3.17. The summed E-state index contributed by atoms with van der Waals surface area (Å²) in [6.07, 6.45) is -0.383. The number of nitrogens with one attached hydrogen (secondary N) is 1. The molecule has 0 aliphatic heterocycles. The lowest BCUT2D eigenvalue weighted by Gasteiger charge is -2.18. The van der Waals surface area contributed by atoms with Crippen LogP contribution in [0.1, 0.15) is 44.3 Å². The maximum atomic E-state index is 13.1. The number of aromatic nitrogens is 3. The van der Waals surface area contributed by atoms with Gasteiger partial charge in [0, 0.05) is 12.6 Å². The van der Waals surface area contributed by atoms with E-state index in [1.807, 2.05) is 55.7 Å². The van der Waals surface area contributed by atoms with E-state index in [9.17, 15) is 9.18 Å². The molecular formula is C22H25FN4O2S. The van der Waals surface area contributed by atoms with Crippen molar-refractivity contribution in [2.45, 2.75) is 44.6 Å². The van der Waals surface area contributed by atoms with Crippen LogP contribution in [-0.2, 0) is 11.3 Å². The maximum absolute atomic E-state index is 13.1. The molecule has 0 aliphatic carbocycles. The average molecular weight is 429 g/mol. The summed E-state index contributed by atoms with van der Waals surface area (Å²) in [5.74, 6) is 1.06. The summed E-state index contributed by atoms with van der Waals surface area (Å²) in [6.45, 7) is 6.41. The number of halogens is 1. The monoisotopic (exact) mass is 428 g/mol. The molecule has 0 saturated carbocycles. The predicted molar refractivity (Wildman–Crippen MR) is 115 cm³/mol. The molecule has 6 nitrogen and oxygen atoms in total. The Morgan fingerprint density at radius 1 is 1.10 bits per heavy atom. The molecule has 8 heteroatoms. The molecule has 2 aromatic carbocycles. The van der Waals surface area contributed by atoms with E-state index in [4.69, 9.17) is 4.74 Å². The van der Waals surface area contributed by atoms with Gasteiger partial charge in [0.1, 0.15) is 11.6 Å². The molecule has 0 spiro atoms. The Morgan fingerprint density at radius 3 is 2.47 bits per heavy atom. The SMILES string of the molecule is CC(Oc1ccc(F)cc1)c1nnc(SCC(=O)NCc2ccccc2)n1C(C)C. The highest BCUT2D eigenvalue weighted by Gasteiger charge is 2.22. The molecule has 0 radical (unpaired) electrons. The van der Waals surface area contributed by atoms with Gasteiger partial charge in [0.2, 0.25) is 5.91 Å². The normalized spacial score (nSPS) is 12.0. The molecule has 0 bridgehead atoms. The number of thioether (sulfide) groups is 1. The number of rotatable bonds is 9. The second-order valence-corrected chi connectivity index (χ2v) is 8.01. The lowest BCUT2D eigenvalue weighted by Crippen LogP contribution is -2.24. The Morgan fingerprint density at radius 2 is 1.80 bits per heavy atom. The van der Waals surface area contributed by atoms with Gasteiger partial charge in [0.05, 0.1) is 5.75 Å². The van der Waals surface area contributed by atoms with Crippen LogP contribution < -0.4 is 10.1 Å². The molecule has 1 N–H and O–H groups in total. The summed E-state index contributed by atoms with van der Waals surface area (Å²) in [6, 6.07) is 15.7. The first-order valence-electron chi connectivity index (χ1n) is 9.74. The fraction of sp³-hybridized carbons (Fsp3) is 0.318. The fourth-order valence-corrected chi connectivity index (χ4v) is 3.80. The highest BCUT2D eigenvalue weighted by Crippen LogP contribution is 2.27. The number of hydrogen-bond donors (Lipinski definition) is 1. The number of carbonyl (C=O) groups excluding carboxylic acids is 1. The molecule has 30 heavy (non-hydrogen) atoms. The standard InChI is InChI=1S/C22H25FN4O2S/c1-15(2)27-21(16(3)29-19-11-9-18(23)10-12-19)25-26-22(27)30-14-20(28)24-13-17-7-5-4-6-8-17/h4-12,15-16H,13-14H2,1-3H3,(H,24,28). The Bertz CT molecular complexity index is 961. The van der Waals surface area contributed by atoms with Gasteiger partial charge in [-0.15, -0.1) is 10.2 Å². The predicted octanol–water partition coefficient (Wildman–Crippen LogP) is 4.55. The second kappa shape index (κ2) is 10.2. The lowest BCUT2D eigenvalue weighted by atomic mass is 10.2. The fourth-order valence-electron chi connectivity index (χ4n) is 2.90. The van der Waals surface area contributed by atoms with E-state index in [1.54, 1.807) is 12.1 Å². The van der Waals surface area contributed by atoms with Crippen molar-refractivity contribution in [3.8, 4) is 5.75 Å². The van der Waals surface area contributed by atoms with Gasteiger partial charge in [-0.2, -0.15) is 0 Å². The first kappa shape index (κ1) is 21.8. The number of ether oxygens (including phenoxy) is 1. The van der Waals surface area contributed by atoms with Crippen LogP contribution in [-0.4, -0.2) is 26.4 Å². The number of benzene rings is 2. The van der Waals surface area contributed by atoms with Crippen molar-refractivity contribution in [1.82, 2.24) is 20.1 Å². The molecule has 1 heterocycles. The van der Waals surface area contributed by atoms with E-state index in [2.05, 4.69) is 15.5 Å². The second-order valence-electron chi connectivity index (χ2n) is 7.07. The Labute approximate surface area is 179 Å². The van der Waals surface area contributed by atoms with Crippen LogP contribution in [0.2, 0.25) is 0 Å². The van der Waals surface area contributed by atoms with E-state index < -0.39 is 0 Å². The molecule has 3 rings (SSSR count). The van der Waals surface area contributed by atoms with Gasteiger partial charge in [-0.25, -0.2) is 4.39 Å². The number of carbonyl (C=O) groups is 1. The minimum Gasteiger partial charge on any atom is -0.483 e. The minimum atomic E-state index is -0.383. The smallest absolute Gasteiger partial charge is 0.230 e. The topological polar surface area (TPSA) is 69.0 Å². The van der Waals surface area contributed by atoms with Crippen LogP contribution in [0.25, 0.3) is 0 Å². The lowest BCUT2D eigenvalue weighted by molar-refractivity contribution is -0.118. The summed E-state index contributed by atoms with van der Waals surface area (Å²) in [5.41, 5.74) is 1.05. The zero-order valence-corrected chi connectivity index (χ0v) is 18.0. The summed E-state index contributed by atoms with van der Waals surface area (Å²) in [7, 11) is 0. The molecule has 0 fully saturated rings. The van der Waals surface area contributed by atoms with Crippen LogP contribution in [0, 0.1) is 5.82 Å². The van der Waals surface area contributed by atoms with E-state index in [-0.39, 0.29) is 29.6 Å². The third kappa shape index (κ3) is 5.82. The Balaban J connectivity index is 1.62. The summed E-state index contributed by atoms with van der Waals surface area (Å²) < 4.78 is 21.0. The summed E-state index contributed by atoms with van der Waals surface area (Å²) in [5, 5.41) is 12.1. The van der Waals surface area contributed by atoms with E-state index in [0.29, 0.717) is 23.3 Å². The maximum Gasteiger partial charge on any atom is 0.230 e. The largest absolute Gasteiger partial charge is 0.483 e. The molecule has 1 aromatic heterocycles. The van der Waals surface area contributed by atoms with Crippen molar-refractivity contribution < 1.29 is 13.9 Å². The quantitative estimate of drug-likeness (QED) is 0.507. The molecule has 1 amide bonds. The van der Waals surface area contributed by atoms with Gasteiger partial charge in [-0.3, -0.25) is 4.79 Å². The van der Waals surface area contributed by atoms with Gasteiger partial charge >= 0.3 is 0 Å². The zero-order valence-electron chi connectivity index (χ0n) is 17.2. The Kier molecular flexibility index (Phi) is 7.46. The molecule has 3 aromatic rings. The highest BCUT2D eigenvalue weighted by molar-refractivity contribution is 7.99. The molecule has 0 saturated heterocycles. The van der Waals surface area contributed by atoms with Gasteiger partial charge in [-0.05, 0) is 50.6 Å². The molecule has 1 atom stereocenters. The number of amides is 1. The van der Waals surface area contributed by atoms with Crippen molar-refractivity contribution in [2.75, 3.05) is 5.75 Å². The van der Waals surface area contributed by atoms with Crippen molar-refractivity contribution in [3.63, 3.8) is 0 Å². The van der Waals surface area contributed by atoms with E-state index in [0.717, 1.165) is 5.56 Å². The number of nitrogens with zero attached hydrogens (tertiary/aromatic N) is 3. The zero-order chi connectivity index (χ0) is 21.5. The van der Waals surface area contributed by atoms with Crippen LogP contribution in [0.3, 0.4) is 0 Å². The number of hydrogen-bond acceptors (Lipinski definition) is 5. The van der Waals surface area contributed by atoms with Crippen LogP contribution in [0.15, 0.2) is 59.8 Å². The van der Waals surface area contributed by atoms with Gasteiger partial charge < -0.3 is 14.6 Å².